The number of phenols is 2. The van der Waals surface area contributed by atoms with Crippen molar-refractivity contribution in [2.45, 2.75) is 24.6 Å². The standard InChI is InChI=1S/C32H28N2O4S2/c1-19-15-21(11-13-25(19)33-29(37)17-39-31(33)23-7-3-5-9-27(23)35)22-12-14-26(20(2)16-22)34-30(38)18-40-32(34)24-8-4-6-10-28(24)36/h3-16,31-32,35-36H,17-18H2,1-2H3. The number of anilines is 2. The fourth-order valence-electron chi connectivity index (χ4n) is 5.43. The normalized spacial score (nSPS) is 19.1. The van der Waals surface area contributed by atoms with Crippen molar-refractivity contribution in [3.63, 3.8) is 0 Å². The molecule has 2 fully saturated rings. The van der Waals surface area contributed by atoms with Crippen molar-refractivity contribution >= 4 is 46.7 Å². The molecule has 2 unspecified atom stereocenters. The van der Waals surface area contributed by atoms with Gasteiger partial charge in [-0.25, -0.2) is 0 Å². The van der Waals surface area contributed by atoms with Crippen LogP contribution < -0.4 is 9.80 Å². The molecule has 2 atom stereocenters. The van der Waals surface area contributed by atoms with Gasteiger partial charge in [-0.2, -0.15) is 0 Å². The van der Waals surface area contributed by atoms with Crippen LogP contribution in [-0.2, 0) is 9.59 Å². The molecule has 2 amide bonds. The summed E-state index contributed by atoms with van der Waals surface area (Å²) in [6.07, 6.45) is 0. The van der Waals surface area contributed by atoms with Crippen LogP contribution in [0.15, 0.2) is 84.9 Å². The zero-order valence-electron chi connectivity index (χ0n) is 22.1. The molecule has 202 valence electrons. The van der Waals surface area contributed by atoms with Crippen LogP contribution in [0.4, 0.5) is 11.4 Å². The van der Waals surface area contributed by atoms with E-state index in [4.69, 9.17) is 0 Å². The number of hydrogen-bond acceptors (Lipinski definition) is 6. The largest absolute Gasteiger partial charge is 0.508 e. The molecule has 2 saturated heterocycles. The second-order valence-corrected chi connectivity index (χ2v) is 12.1. The molecule has 2 aliphatic rings. The van der Waals surface area contributed by atoms with Gasteiger partial charge in [0.1, 0.15) is 22.2 Å². The van der Waals surface area contributed by atoms with E-state index in [1.807, 2.05) is 62.4 Å². The number of aromatic hydroxyl groups is 2. The van der Waals surface area contributed by atoms with Gasteiger partial charge >= 0.3 is 0 Å². The topological polar surface area (TPSA) is 81.1 Å². The Morgan fingerprint density at radius 3 is 1.40 bits per heavy atom. The zero-order valence-corrected chi connectivity index (χ0v) is 23.7. The van der Waals surface area contributed by atoms with Crippen molar-refractivity contribution in [3.8, 4) is 22.6 Å². The third kappa shape index (κ3) is 4.61. The molecule has 4 aromatic carbocycles. The van der Waals surface area contributed by atoms with E-state index in [0.717, 1.165) is 44.8 Å². The highest BCUT2D eigenvalue weighted by atomic mass is 32.2. The highest BCUT2D eigenvalue weighted by Gasteiger charge is 2.37. The van der Waals surface area contributed by atoms with Gasteiger partial charge in [0.25, 0.3) is 0 Å². The molecule has 0 radical (unpaired) electrons. The molecular weight excluding hydrogens is 540 g/mol. The van der Waals surface area contributed by atoms with Crippen LogP contribution in [0.1, 0.15) is 33.0 Å². The van der Waals surface area contributed by atoms with Crippen LogP contribution in [-0.4, -0.2) is 33.5 Å². The summed E-state index contributed by atoms with van der Waals surface area (Å²) >= 11 is 3.02. The molecule has 6 nitrogen and oxygen atoms in total. The molecule has 2 heterocycles. The summed E-state index contributed by atoms with van der Waals surface area (Å²) in [6.45, 7) is 3.99. The lowest BCUT2D eigenvalue weighted by molar-refractivity contribution is -0.116. The van der Waals surface area contributed by atoms with Gasteiger partial charge in [0.05, 0.1) is 11.5 Å². The van der Waals surface area contributed by atoms with E-state index in [1.165, 1.54) is 23.5 Å². The van der Waals surface area contributed by atoms with Crippen LogP contribution in [0.3, 0.4) is 0 Å². The summed E-state index contributed by atoms with van der Waals surface area (Å²) < 4.78 is 0. The first-order chi connectivity index (χ1) is 19.3. The second-order valence-electron chi connectivity index (χ2n) is 9.97. The maximum Gasteiger partial charge on any atom is 0.238 e. The Kier molecular flexibility index (Phi) is 6.98. The molecule has 0 aromatic heterocycles. The van der Waals surface area contributed by atoms with E-state index < -0.39 is 0 Å². The van der Waals surface area contributed by atoms with Crippen molar-refractivity contribution in [3.05, 3.63) is 107 Å². The van der Waals surface area contributed by atoms with Gasteiger partial charge in [0.2, 0.25) is 11.8 Å². The Hall–Kier alpha value is -3.88. The maximum absolute atomic E-state index is 12.9. The van der Waals surface area contributed by atoms with Crippen LogP contribution in [0.2, 0.25) is 0 Å². The molecule has 2 N–H and O–H groups in total. The van der Waals surface area contributed by atoms with Crippen molar-refractivity contribution < 1.29 is 19.8 Å². The average Bonchev–Trinajstić information content (AvgIpc) is 3.51. The number of phenolic OH excluding ortho intramolecular Hbond substituents is 2. The van der Waals surface area contributed by atoms with E-state index in [1.54, 1.807) is 34.1 Å². The summed E-state index contributed by atoms with van der Waals surface area (Å²) in [7, 11) is 0. The number of thioether (sulfide) groups is 2. The zero-order chi connectivity index (χ0) is 28.0. The molecule has 2 aliphatic heterocycles. The molecule has 40 heavy (non-hydrogen) atoms. The van der Waals surface area contributed by atoms with Gasteiger partial charge < -0.3 is 10.2 Å². The molecule has 0 aliphatic carbocycles. The van der Waals surface area contributed by atoms with Crippen molar-refractivity contribution in [2.24, 2.45) is 0 Å². The smallest absolute Gasteiger partial charge is 0.238 e. The minimum Gasteiger partial charge on any atom is -0.508 e. The fraction of sp³-hybridized carbons (Fsp3) is 0.188. The van der Waals surface area contributed by atoms with Gasteiger partial charge in [-0.3, -0.25) is 19.4 Å². The van der Waals surface area contributed by atoms with E-state index in [9.17, 15) is 19.8 Å². The van der Waals surface area contributed by atoms with Crippen LogP contribution in [0, 0.1) is 13.8 Å². The quantitative estimate of drug-likeness (QED) is 0.272. The van der Waals surface area contributed by atoms with Crippen molar-refractivity contribution in [1.29, 1.82) is 0 Å². The monoisotopic (exact) mass is 568 g/mol. The predicted molar refractivity (Wildman–Crippen MR) is 163 cm³/mol. The van der Waals surface area contributed by atoms with Gasteiger partial charge in [-0.1, -0.05) is 48.5 Å². The summed E-state index contributed by atoms with van der Waals surface area (Å²) in [5.41, 5.74) is 7.04. The average molecular weight is 569 g/mol. The number of amides is 2. The Bertz CT molecular complexity index is 1520. The Labute approximate surface area is 241 Å². The molecule has 0 spiro atoms. The lowest BCUT2D eigenvalue weighted by Gasteiger charge is -2.27. The number of nitrogens with zero attached hydrogens (tertiary/aromatic N) is 2. The van der Waals surface area contributed by atoms with Crippen LogP contribution >= 0.6 is 23.5 Å². The van der Waals surface area contributed by atoms with Gasteiger partial charge in [0.15, 0.2) is 0 Å². The number of aryl methyl sites for hydroxylation is 2. The predicted octanol–water partition coefficient (Wildman–Crippen LogP) is 6.94. The lowest BCUT2D eigenvalue weighted by atomic mass is 9.99. The summed E-state index contributed by atoms with van der Waals surface area (Å²) in [5.74, 6) is 1.11. The number of benzene rings is 4. The van der Waals surface area contributed by atoms with Crippen molar-refractivity contribution in [1.82, 2.24) is 0 Å². The number of carbonyl (C=O) groups excluding carboxylic acids is 2. The van der Waals surface area contributed by atoms with Gasteiger partial charge in [0, 0.05) is 22.5 Å². The molecular formula is C32H28N2O4S2. The minimum absolute atomic E-state index is 0.0152. The maximum atomic E-state index is 12.9. The first-order valence-corrected chi connectivity index (χ1v) is 15.1. The Morgan fingerprint density at radius 1 is 0.625 bits per heavy atom. The van der Waals surface area contributed by atoms with E-state index in [2.05, 4.69) is 12.1 Å². The Morgan fingerprint density at radius 2 is 1.02 bits per heavy atom. The SMILES string of the molecule is Cc1cc(-c2ccc(N3C(=O)CSC3c3ccccc3O)c(C)c2)ccc1N1C(=O)CSC1c1ccccc1O. The van der Waals surface area contributed by atoms with Gasteiger partial charge in [-0.05, 0) is 72.5 Å². The third-order valence-electron chi connectivity index (χ3n) is 7.39. The number of hydrogen-bond donors (Lipinski definition) is 2. The summed E-state index contributed by atoms with van der Waals surface area (Å²) in [5, 5.41) is 20.3. The third-order valence-corrected chi connectivity index (χ3v) is 9.78. The van der Waals surface area contributed by atoms with E-state index in [0.29, 0.717) is 11.5 Å². The van der Waals surface area contributed by atoms with Crippen molar-refractivity contribution in [2.75, 3.05) is 21.3 Å². The lowest BCUT2D eigenvalue weighted by Crippen LogP contribution is -2.28. The first-order valence-electron chi connectivity index (χ1n) is 13.0. The van der Waals surface area contributed by atoms with Gasteiger partial charge in [-0.15, -0.1) is 23.5 Å². The van der Waals surface area contributed by atoms with E-state index >= 15 is 0 Å². The molecule has 0 bridgehead atoms. The van der Waals surface area contributed by atoms with Crippen LogP contribution in [0.25, 0.3) is 11.1 Å². The number of para-hydroxylation sites is 2. The van der Waals surface area contributed by atoms with Crippen LogP contribution in [0.5, 0.6) is 11.5 Å². The molecule has 6 rings (SSSR count). The first kappa shape index (κ1) is 26.3. The Balaban J connectivity index is 1.30. The highest BCUT2D eigenvalue weighted by molar-refractivity contribution is 8.01. The minimum atomic E-state index is -0.285. The molecule has 0 saturated carbocycles. The van der Waals surface area contributed by atoms with E-state index in [-0.39, 0.29) is 34.1 Å². The number of rotatable bonds is 5. The highest BCUT2D eigenvalue weighted by Crippen LogP contribution is 2.47. The molecule has 4 aromatic rings. The number of carbonyl (C=O) groups is 2. The fourth-order valence-corrected chi connectivity index (χ4v) is 7.83. The summed E-state index contributed by atoms with van der Waals surface area (Å²) in [4.78, 5) is 29.4. The second kappa shape index (κ2) is 10.6. The summed E-state index contributed by atoms with van der Waals surface area (Å²) in [6, 6.07) is 26.4. The molecule has 8 heteroatoms.